The van der Waals surface area contributed by atoms with Gasteiger partial charge in [-0.3, -0.25) is 5.73 Å². The molecule has 0 aromatic rings. The van der Waals surface area contributed by atoms with E-state index in [0.29, 0.717) is 0 Å². The number of rotatable bonds is 2. The van der Waals surface area contributed by atoms with Gasteiger partial charge >= 0.3 is 0 Å². The van der Waals surface area contributed by atoms with Crippen molar-refractivity contribution < 1.29 is 0 Å². The van der Waals surface area contributed by atoms with Crippen molar-refractivity contribution in [2.24, 2.45) is 5.92 Å². The van der Waals surface area contributed by atoms with Crippen LogP contribution < -0.4 is 5.73 Å². The summed E-state index contributed by atoms with van der Waals surface area (Å²) in [5.74, 6) is 0.996. The van der Waals surface area contributed by atoms with Gasteiger partial charge < -0.3 is 4.90 Å². The molecule has 12 heavy (non-hydrogen) atoms. The number of hydrogen-bond donors (Lipinski definition) is 0. The lowest BCUT2D eigenvalue weighted by Crippen LogP contribution is -2.33. The van der Waals surface area contributed by atoms with E-state index in [1.165, 1.54) is 38.8 Å². The number of hydrogen-bond acceptors (Lipinski definition) is 1. The number of nitrogens with zero attached hydrogens (tertiary/aromatic N) is 1. The quantitative estimate of drug-likeness (QED) is 0.613. The molecule has 1 unspecified atom stereocenters. The largest absolute Gasteiger partial charge is 0.301 e. The zero-order valence-corrected chi connectivity index (χ0v) is 7.76. The molecule has 2 fully saturated rings. The van der Waals surface area contributed by atoms with Crippen LogP contribution in [0, 0.1) is 5.92 Å². The van der Waals surface area contributed by atoms with E-state index in [4.69, 9.17) is 5.73 Å². The van der Waals surface area contributed by atoms with Crippen molar-refractivity contribution in [3.8, 4) is 0 Å². The molecule has 69 valence electrons. The van der Waals surface area contributed by atoms with E-state index in [9.17, 15) is 0 Å². The van der Waals surface area contributed by atoms with E-state index in [1.54, 1.807) is 0 Å². The Balaban J connectivity index is 1.77. The van der Waals surface area contributed by atoms with E-state index >= 15 is 0 Å². The summed E-state index contributed by atoms with van der Waals surface area (Å²) in [6.45, 7) is 3.58. The molecule has 0 bridgehead atoms. The summed E-state index contributed by atoms with van der Waals surface area (Å²) in [5, 5.41) is 0. The van der Waals surface area contributed by atoms with Crippen molar-refractivity contribution in [2.75, 3.05) is 19.6 Å². The van der Waals surface area contributed by atoms with Crippen molar-refractivity contribution in [3.05, 3.63) is 0 Å². The van der Waals surface area contributed by atoms with Crippen molar-refractivity contribution >= 4 is 0 Å². The van der Waals surface area contributed by atoms with Gasteiger partial charge in [-0.1, -0.05) is 6.42 Å². The first kappa shape index (κ1) is 8.52. The summed E-state index contributed by atoms with van der Waals surface area (Å²) in [6.07, 6.45) is 6.61. The normalized spacial score (nSPS) is 33.2. The molecular weight excluding hydrogens is 148 g/mol. The highest BCUT2D eigenvalue weighted by Crippen LogP contribution is 2.30. The molecule has 1 heterocycles. The SMILES string of the molecule is [NH]C1CCCCN(CC2CC2)C1. The summed E-state index contributed by atoms with van der Waals surface area (Å²) >= 11 is 0. The minimum Gasteiger partial charge on any atom is -0.301 e. The fourth-order valence-electron chi connectivity index (χ4n) is 2.05. The van der Waals surface area contributed by atoms with E-state index in [-0.39, 0.29) is 6.04 Å². The van der Waals surface area contributed by atoms with Crippen LogP contribution in [0.5, 0.6) is 0 Å². The molecule has 1 aliphatic heterocycles. The van der Waals surface area contributed by atoms with Gasteiger partial charge in [0.25, 0.3) is 0 Å². The van der Waals surface area contributed by atoms with Crippen LogP contribution in [0.15, 0.2) is 0 Å². The zero-order chi connectivity index (χ0) is 8.39. The van der Waals surface area contributed by atoms with E-state index in [0.717, 1.165) is 18.9 Å². The summed E-state index contributed by atoms with van der Waals surface area (Å²) in [4.78, 5) is 2.52. The summed E-state index contributed by atoms with van der Waals surface area (Å²) in [5.41, 5.74) is 7.77. The lowest BCUT2D eigenvalue weighted by molar-refractivity contribution is 0.260. The Kier molecular flexibility index (Phi) is 2.66. The lowest BCUT2D eigenvalue weighted by Gasteiger charge is -2.21. The summed E-state index contributed by atoms with van der Waals surface area (Å²) in [6, 6.07) is 0.200. The van der Waals surface area contributed by atoms with Crippen molar-refractivity contribution in [3.63, 3.8) is 0 Å². The minimum atomic E-state index is 0.200. The summed E-state index contributed by atoms with van der Waals surface area (Å²) < 4.78 is 0. The molecule has 1 saturated heterocycles. The van der Waals surface area contributed by atoms with Gasteiger partial charge in [0, 0.05) is 19.1 Å². The van der Waals surface area contributed by atoms with Crippen LogP contribution in [0.4, 0.5) is 0 Å². The van der Waals surface area contributed by atoms with Gasteiger partial charge in [0.1, 0.15) is 0 Å². The smallest absolute Gasteiger partial charge is 0.0340 e. The van der Waals surface area contributed by atoms with Crippen LogP contribution in [0.2, 0.25) is 0 Å². The molecule has 1 saturated carbocycles. The predicted octanol–water partition coefficient (Wildman–Crippen LogP) is 1.53. The summed E-state index contributed by atoms with van der Waals surface area (Å²) in [7, 11) is 0. The molecule has 2 rings (SSSR count). The molecule has 2 aliphatic rings. The standard InChI is InChI=1S/C10H19N2/c11-10-3-1-2-6-12(8-10)7-9-4-5-9/h9-11H,1-8H2. The van der Waals surface area contributed by atoms with Gasteiger partial charge in [-0.05, 0) is 38.1 Å². The van der Waals surface area contributed by atoms with Crippen LogP contribution in [-0.4, -0.2) is 30.6 Å². The third-order valence-corrected chi connectivity index (χ3v) is 2.97. The zero-order valence-electron chi connectivity index (χ0n) is 7.76. The highest BCUT2D eigenvalue weighted by molar-refractivity contribution is 4.80. The molecular formula is C10H19N2. The van der Waals surface area contributed by atoms with E-state index < -0.39 is 0 Å². The molecule has 1 aliphatic carbocycles. The first-order valence-electron chi connectivity index (χ1n) is 5.28. The molecule has 0 aromatic carbocycles. The van der Waals surface area contributed by atoms with Crippen LogP contribution in [0.1, 0.15) is 32.1 Å². The van der Waals surface area contributed by atoms with Crippen molar-refractivity contribution in [1.82, 2.24) is 10.6 Å². The van der Waals surface area contributed by atoms with Crippen molar-refractivity contribution in [2.45, 2.75) is 38.1 Å². The van der Waals surface area contributed by atoms with Gasteiger partial charge in [0.15, 0.2) is 0 Å². The first-order chi connectivity index (χ1) is 5.84. The van der Waals surface area contributed by atoms with E-state index in [1.807, 2.05) is 0 Å². The Labute approximate surface area is 75.1 Å². The first-order valence-corrected chi connectivity index (χ1v) is 5.28. The maximum atomic E-state index is 7.77. The third-order valence-electron chi connectivity index (χ3n) is 2.97. The molecule has 1 radical (unpaired) electrons. The second kappa shape index (κ2) is 3.75. The molecule has 0 aromatic heterocycles. The molecule has 1 atom stereocenters. The highest BCUT2D eigenvalue weighted by atomic mass is 15.1. The van der Waals surface area contributed by atoms with Gasteiger partial charge in [-0.15, -0.1) is 0 Å². The predicted molar refractivity (Wildman–Crippen MR) is 49.9 cm³/mol. The van der Waals surface area contributed by atoms with Crippen molar-refractivity contribution in [1.29, 1.82) is 0 Å². The topological polar surface area (TPSA) is 27.0 Å². The van der Waals surface area contributed by atoms with Gasteiger partial charge in [0.05, 0.1) is 0 Å². The van der Waals surface area contributed by atoms with Crippen LogP contribution in [0.25, 0.3) is 0 Å². The van der Waals surface area contributed by atoms with E-state index in [2.05, 4.69) is 4.90 Å². The Hall–Kier alpha value is -0.0800. The molecule has 2 heteroatoms. The Morgan fingerprint density at radius 3 is 2.75 bits per heavy atom. The second-order valence-corrected chi connectivity index (χ2v) is 4.40. The molecule has 1 N–H and O–H groups in total. The molecule has 2 nitrogen and oxygen atoms in total. The number of nitrogens with one attached hydrogen (secondary N) is 1. The Bertz CT molecular complexity index is 143. The lowest BCUT2D eigenvalue weighted by atomic mass is 10.2. The minimum absolute atomic E-state index is 0.200. The third kappa shape index (κ3) is 2.46. The Morgan fingerprint density at radius 1 is 1.17 bits per heavy atom. The monoisotopic (exact) mass is 167 g/mol. The second-order valence-electron chi connectivity index (χ2n) is 4.40. The fraction of sp³-hybridized carbons (Fsp3) is 1.00. The highest BCUT2D eigenvalue weighted by Gasteiger charge is 2.25. The van der Waals surface area contributed by atoms with Gasteiger partial charge in [-0.2, -0.15) is 0 Å². The maximum Gasteiger partial charge on any atom is 0.0340 e. The van der Waals surface area contributed by atoms with Crippen LogP contribution in [0.3, 0.4) is 0 Å². The van der Waals surface area contributed by atoms with Gasteiger partial charge in [0.2, 0.25) is 0 Å². The Morgan fingerprint density at radius 2 is 2.00 bits per heavy atom. The van der Waals surface area contributed by atoms with Crippen LogP contribution in [-0.2, 0) is 0 Å². The van der Waals surface area contributed by atoms with Crippen LogP contribution >= 0.6 is 0 Å². The molecule has 0 spiro atoms. The van der Waals surface area contributed by atoms with Gasteiger partial charge in [-0.25, -0.2) is 0 Å². The number of likely N-dealkylation sites (tertiary alicyclic amines) is 1. The average Bonchev–Trinajstić information content (AvgIpc) is 2.80. The maximum absolute atomic E-state index is 7.77. The molecule has 0 amide bonds. The fourth-order valence-corrected chi connectivity index (χ4v) is 2.05. The average molecular weight is 167 g/mol.